The van der Waals surface area contributed by atoms with Crippen LogP contribution < -0.4 is 10.5 Å². The van der Waals surface area contributed by atoms with Crippen molar-refractivity contribution in [3.63, 3.8) is 0 Å². The number of ether oxygens (including phenoxy) is 2. The lowest BCUT2D eigenvalue weighted by Gasteiger charge is -2.28. The predicted molar refractivity (Wildman–Crippen MR) is 81.7 cm³/mol. The molecule has 0 unspecified atom stereocenters. The molecule has 2 aromatic heterocycles. The molecule has 9 heteroatoms. The number of hydrogen-bond donors (Lipinski definition) is 3. The zero-order valence-corrected chi connectivity index (χ0v) is 13.3. The van der Waals surface area contributed by atoms with Gasteiger partial charge in [-0.25, -0.2) is 4.98 Å². The van der Waals surface area contributed by atoms with Crippen LogP contribution in [0.2, 0.25) is 0 Å². The Morgan fingerprint density at radius 3 is 2.83 bits per heavy atom. The van der Waals surface area contributed by atoms with Gasteiger partial charge in [0.2, 0.25) is 11.8 Å². The Balaban J connectivity index is 2.10. The van der Waals surface area contributed by atoms with Gasteiger partial charge in [-0.2, -0.15) is 9.97 Å². The first kappa shape index (κ1) is 15.9. The van der Waals surface area contributed by atoms with Crippen molar-refractivity contribution in [2.75, 3.05) is 18.9 Å². The number of nitrogen functional groups attached to an aromatic ring is 1. The molecule has 1 fully saturated rings. The van der Waals surface area contributed by atoms with Crippen molar-refractivity contribution in [1.82, 2.24) is 19.5 Å². The Labute approximate surface area is 133 Å². The molecule has 0 saturated carbocycles. The highest BCUT2D eigenvalue weighted by Gasteiger charge is 2.51. The molecule has 2 aromatic rings. The lowest BCUT2D eigenvalue weighted by Crippen LogP contribution is -2.38. The summed E-state index contributed by atoms with van der Waals surface area (Å²) in [5.74, 6) is 0.0748. The molecule has 0 radical (unpaired) electrons. The number of aliphatic hydroxyl groups excluding tert-OH is 1. The summed E-state index contributed by atoms with van der Waals surface area (Å²) >= 11 is 0. The fourth-order valence-corrected chi connectivity index (χ4v) is 2.89. The van der Waals surface area contributed by atoms with E-state index in [1.807, 2.05) is 13.8 Å². The molecule has 0 aromatic carbocycles. The van der Waals surface area contributed by atoms with Crippen molar-refractivity contribution in [3.05, 3.63) is 6.33 Å². The number of rotatable bonds is 4. The van der Waals surface area contributed by atoms with Gasteiger partial charge in [0.15, 0.2) is 17.4 Å². The summed E-state index contributed by atoms with van der Waals surface area (Å²) in [6, 6.07) is 0. The van der Waals surface area contributed by atoms with Crippen molar-refractivity contribution in [3.8, 4) is 5.88 Å². The smallest absolute Gasteiger partial charge is 0.247 e. The first-order valence-corrected chi connectivity index (χ1v) is 7.51. The molecular formula is C14H21N5O4. The first-order valence-electron chi connectivity index (χ1n) is 7.51. The summed E-state index contributed by atoms with van der Waals surface area (Å²) in [7, 11) is 0. The molecule has 9 nitrogen and oxygen atoms in total. The summed E-state index contributed by atoms with van der Waals surface area (Å²) in [5.41, 5.74) is 5.40. The maximum absolute atomic E-state index is 10.8. The second kappa shape index (κ2) is 5.59. The standard InChI is InChI=1S/C14H21N5O4/c1-4-22-11-9-10(17-13(15)18-11)19(6-16-9)12-14(3,21)7(2)8(5-20)23-12/h6-8,12,20-21H,4-5H2,1-3H3,(H2,15,17,18)/t7-,8-,12-,14-/m1/s1. The SMILES string of the molecule is CCOc1nc(N)nc2c1ncn2[C@@H]1O[C@H](CO)[C@@H](C)[C@@]1(C)O. The normalized spacial score (nSPS) is 30.9. The van der Waals surface area contributed by atoms with Gasteiger partial charge in [0, 0.05) is 5.92 Å². The van der Waals surface area contributed by atoms with E-state index in [-0.39, 0.29) is 24.4 Å². The van der Waals surface area contributed by atoms with E-state index >= 15 is 0 Å². The molecule has 1 saturated heterocycles. The zero-order valence-electron chi connectivity index (χ0n) is 13.3. The highest BCUT2D eigenvalue weighted by atomic mass is 16.5. The van der Waals surface area contributed by atoms with E-state index in [0.717, 1.165) is 0 Å². The molecule has 1 aliphatic heterocycles. The lowest BCUT2D eigenvalue weighted by molar-refractivity contribution is -0.0876. The van der Waals surface area contributed by atoms with Crippen LogP contribution >= 0.6 is 0 Å². The Hall–Kier alpha value is -1.97. The van der Waals surface area contributed by atoms with Crippen LogP contribution in [-0.4, -0.2) is 54.7 Å². The van der Waals surface area contributed by atoms with E-state index in [1.54, 1.807) is 11.5 Å². The zero-order chi connectivity index (χ0) is 16.8. The Bertz CT molecular complexity index is 717. The predicted octanol–water partition coefficient (Wildman–Crippen LogP) is 0.0840. The Morgan fingerprint density at radius 1 is 1.48 bits per heavy atom. The van der Waals surface area contributed by atoms with Gasteiger partial charge in [-0.15, -0.1) is 0 Å². The van der Waals surface area contributed by atoms with Crippen LogP contribution in [0.4, 0.5) is 5.95 Å². The molecule has 4 N–H and O–H groups in total. The second-order valence-electron chi connectivity index (χ2n) is 5.87. The van der Waals surface area contributed by atoms with Crippen LogP contribution in [-0.2, 0) is 4.74 Å². The topological polar surface area (TPSA) is 129 Å². The van der Waals surface area contributed by atoms with Gasteiger partial charge in [-0.1, -0.05) is 6.92 Å². The van der Waals surface area contributed by atoms with Crippen LogP contribution in [0.15, 0.2) is 6.33 Å². The number of aliphatic hydroxyl groups is 2. The Morgan fingerprint density at radius 2 is 2.22 bits per heavy atom. The third-order valence-electron chi connectivity index (χ3n) is 4.40. The first-order chi connectivity index (χ1) is 10.9. The van der Waals surface area contributed by atoms with Gasteiger partial charge in [-0.05, 0) is 13.8 Å². The number of nitrogens with zero attached hydrogens (tertiary/aromatic N) is 4. The molecule has 0 spiro atoms. The van der Waals surface area contributed by atoms with Gasteiger partial charge in [0.1, 0.15) is 5.60 Å². The second-order valence-corrected chi connectivity index (χ2v) is 5.87. The fraction of sp³-hybridized carbons (Fsp3) is 0.643. The van der Waals surface area contributed by atoms with Gasteiger partial charge in [-0.3, -0.25) is 4.57 Å². The maximum atomic E-state index is 10.8. The minimum atomic E-state index is -1.20. The third-order valence-corrected chi connectivity index (χ3v) is 4.40. The van der Waals surface area contributed by atoms with Crippen molar-refractivity contribution in [1.29, 1.82) is 0 Å². The van der Waals surface area contributed by atoms with E-state index < -0.39 is 17.9 Å². The molecule has 3 rings (SSSR count). The monoisotopic (exact) mass is 323 g/mol. The van der Waals surface area contributed by atoms with Crippen LogP contribution in [0.25, 0.3) is 11.2 Å². The van der Waals surface area contributed by atoms with Crippen molar-refractivity contribution in [2.45, 2.75) is 38.7 Å². The quantitative estimate of drug-likeness (QED) is 0.722. The van der Waals surface area contributed by atoms with Crippen LogP contribution in [0.1, 0.15) is 27.0 Å². The van der Waals surface area contributed by atoms with Crippen molar-refractivity contribution < 1.29 is 19.7 Å². The summed E-state index contributed by atoms with van der Waals surface area (Å²) in [4.78, 5) is 12.5. The highest BCUT2D eigenvalue weighted by molar-refractivity contribution is 5.77. The average Bonchev–Trinajstić information content (AvgIpc) is 3.00. The minimum absolute atomic E-state index is 0.0482. The summed E-state index contributed by atoms with van der Waals surface area (Å²) < 4.78 is 12.9. The Kier molecular flexibility index (Phi) is 3.86. The molecule has 126 valence electrons. The fourth-order valence-electron chi connectivity index (χ4n) is 2.89. The van der Waals surface area contributed by atoms with Gasteiger partial charge < -0.3 is 25.4 Å². The average molecular weight is 323 g/mol. The van der Waals surface area contributed by atoms with E-state index in [2.05, 4.69) is 15.0 Å². The van der Waals surface area contributed by atoms with E-state index in [1.165, 1.54) is 6.33 Å². The maximum Gasteiger partial charge on any atom is 0.247 e. The molecule has 3 heterocycles. The number of imidazole rings is 1. The van der Waals surface area contributed by atoms with E-state index in [9.17, 15) is 10.2 Å². The van der Waals surface area contributed by atoms with Crippen LogP contribution in [0, 0.1) is 5.92 Å². The summed E-state index contributed by atoms with van der Waals surface area (Å²) in [6.07, 6.45) is 0.286. The molecule has 1 aliphatic rings. The number of hydrogen-bond acceptors (Lipinski definition) is 8. The number of nitrogens with two attached hydrogens (primary N) is 1. The molecular weight excluding hydrogens is 302 g/mol. The summed E-state index contributed by atoms with van der Waals surface area (Å²) in [6.45, 7) is 5.56. The van der Waals surface area contributed by atoms with E-state index in [4.69, 9.17) is 15.2 Å². The molecule has 0 aliphatic carbocycles. The van der Waals surface area contributed by atoms with Crippen LogP contribution in [0.5, 0.6) is 5.88 Å². The van der Waals surface area contributed by atoms with Gasteiger partial charge in [0.05, 0.1) is 25.6 Å². The number of anilines is 1. The van der Waals surface area contributed by atoms with E-state index in [0.29, 0.717) is 17.8 Å². The highest BCUT2D eigenvalue weighted by Crippen LogP contribution is 2.43. The largest absolute Gasteiger partial charge is 0.476 e. The number of aromatic nitrogens is 4. The molecule has 4 atom stereocenters. The molecule has 23 heavy (non-hydrogen) atoms. The molecule has 0 bridgehead atoms. The molecule has 0 amide bonds. The van der Waals surface area contributed by atoms with Crippen molar-refractivity contribution in [2.24, 2.45) is 5.92 Å². The van der Waals surface area contributed by atoms with Crippen molar-refractivity contribution >= 4 is 17.1 Å². The number of fused-ring (bicyclic) bond motifs is 1. The minimum Gasteiger partial charge on any atom is -0.476 e. The van der Waals surface area contributed by atoms with Gasteiger partial charge in [0.25, 0.3) is 0 Å². The van der Waals surface area contributed by atoms with Crippen LogP contribution in [0.3, 0.4) is 0 Å². The third kappa shape index (κ3) is 2.41. The lowest BCUT2D eigenvalue weighted by atomic mass is 9.88. The van der Waals surface area contributed by atoms with Gasteiger partial charge >= 0.3 is 0 Å². The summed E-state index contributed by atoms with van der Waals surface area (Å²) in [5, 5.41) is 20.2.